The van der Waals surface area contributed by atoms with E-state index in [0.717, 1.165) is 11.1 Å². The Morgan fingerprint density at radius 2 is 1.45 bits per heavy atom. The number of quaternary nitrogens is 1. The van der Waals surface area contributed by atoms with Crippen molar-refractivity contribution in [3.05, 3.63) is 23.5 Å². The molecule has 2 nitrogen and oxygen atoms in total. The topological polar surface area (TPSA) is 17.1 Å². The molecular weight excluding hydrogens is 138 g/mol. The van der Waals surface area contributed by atoms with Gasteiger partial charge in [-0.05, 0) is 13.8 Å². The van der Waals surface area contributed by atoms with Gasteiger partial charge in [0.1, 0.15) is 12.4 Å². The minimum absolute atomic E-state index is 0.169. The van der Waals surface area contributed by atoms with Crippen LogP contribution in [0.2, 0.25) is 0 Å². The molecule has 1 aliphatic rings. The van der Waals surface area contributed by atoms with Crippen LogP contribution in [0, 0.1) is 0 Å². The summed E-state index contributed by atoms with van der Waals surface area (Å²) >= 11 is 0. The number of nitrogens with zero attached hydrogens (tertiary/aromatic N) is 1. The third kappa shape index (κ3) is 1.57. The summed E-state index contributed by atoms with van der Waals surface area (Å²) in [6, 6.07) is 0. The zero-order valence-electron chi connectivity index (χ0n) is 7.51. The highest BCUT2D eigenvalue weighted by molar-refractivity contribution is 6.07. The largest absolute Gasteiger partial charge is 0.289 e. The normalized spacial score (nSPS) is 22.7. The Kier molecular flexibility index (Phi) is 1.72. The molecule has 0 aromatic heterocycles. The fourth-order valence-corrected chi connectivity index (χ4v) is 1.46. The van der Waals surface area contributed by atoms with Crippen LogP contribution in [0.15, 0.2) is 23.5 Å². The van der Waals surface area contributed by atoms with Crippen LogP contribution in [0.5, 0.6) is 0 Å². The third-order valence-corrected chi connectivity index (χ3v) is 1.77. The average molecular weight is 152 g/mol. The summed E-state index contributed by atoms with van der Waals surface area (Å²) < 4.78 is 0.670. The van der Waals surface area contributed by atoms with Gasteiger partial charge in [-0.25, -0.2) is 0 Å². The Morgan fingerprint density at radius 3 is 1.82 bits per heavy atom. The van der Waals surface area contributed by atoms with E-state index < -0.39 is 0 Å². The number of allylic oxidation sites excluding steroid dienone is 2. The van der Waals surface area contributed by atoms with Crippen LogP contribution in [0.3, 0.4) is 0 Å². The van der Waals surface area contributed by atoms with Gasteiger partial charge in [-0.3, -0.25) is 9.28 Å². The maximum absolute atomic E-state index is 11.3. The van der Waals surface area contributed by atoms with Gasteiger partial charge in [0.2, 0.25) is 0 Å². The van der Waals surface area contributed by atoms with E-state index in [4.69, 9.17) is 0 Å². The molecule has 0 aromatic rings. The van der Waals surface area contributed by atoms with E-state index in [1.165, 1.54) is 0 Å². The molecular formula is C9H14NO+. The quantitative estimate of drug-likeness (QED) is 0.480. The van der Waals surface area contributed by atoms with Gasteiger partial charge in [0.15, 0.2) is 5.78 Å². The Hall–Kier alpha value is -0.890. The molecule has 11 heavy (non-hydrogen) atoms. The lowest BCUT2D eigenvalue weighted by atomic mass is 10.0. The summed E-state index contributed by atoms with van der Waals surface area (Å²) in [4.78, 5) is 11.3. The maximum Gasteiger partial charge on any atom is 0.194 e. The van der Waals surface area contributed by atoms with E-state index >= 15 is 0 Å². The van der Waals surface area contributed by atoms with Crippen LogP contribution < -0.4 is 0 Å². The highest BCUT2D eigenvalue weighted by Gasteiger charge is 2.22. The molecule has 0 fully saturated rings. The Morgan fingerprint density at radius 1 is 1.09 bits per heavy atom. The van der Waals surface area contributed by atoms with Crippen molar-refractivity contribution in [2.24, 2.45) is 0 Å². The SMILES string of the molecule is CC1=C[N+](C)(C)C=C(C)C1=O. The van der Waals surface area contributed by atoms with Crippen molar-refractivity contribution in [3.63, 3.8) is 0 Å². The van der Waals surface area contributed by atoms with Crippen molar-refractivity contribution < 1.29 is 9.28 Å². The molecule has 60 valence electrons. The molecule has 0 saturated carbocycles. The minimum atomic E-state index is 0.169. The molecule has 0 amide bonds. The van der Waals surface area contributed by atoms with Gasteiger partial charge < -0.3 is 0 Å². The number of carbonyl (C=O) groups is 1. The van der Waals surface area contributed by atoms with Crippen LogP contribution in [0.4, 0.5) is 0 Å². The Bertz CT molecular complexity index is 235. The number of rotatable bonds is 0. The molecule has 0 atom stereocenters. The van der Waals surface area contributed by atoms with E-state index in [0.29, 0.717) is 4.48 Å². The smallest absolute Gasteiger partial charge is 0.194 e. The Balaban J connectivity index is 3.08. The number of Topliss-reactive ketones (excluding diaryl/α,β-unsaturated/α-hetero) is 1. The zero-order chi connectivity index (χ0) is 8.65. The second-order valence-corrected chi connectivity index (χ2v) is 3.58. The van der Waals surface area contributed by atoms with Gasteiger partial charge in [-0.15, -0.1) is 0 Å². The molecule has 0 spiro atoms. The van der Waals surface area contributed by atoms with E-state index in [9.17, 15) is 4.79 Å². The highest BCUT2D eigenvalue weighted by atomic mass is 16.1. The van der Waals surface area contributed by atoms with E-state index in [1.807, 2.05) is 40.3 Å². The van der Waals surface area contributed by atoms with E-state index in [2.05, 4.69) is 0 Å². The van der Waals surface area contributed by atoms with Gasteiger partial charge >= 0.3 is 0 Å². The van der Waals surface area contributed by atoms with Gasteiger partial charge in [-0.1, -0.05) is 0 Å². The molecule has 1 rings (SSSR count). The van der Waals surface area contributed by atoms with Crippen molar-refractivity contribution in [1.29, 1.82) is 0 Å². The first-order chi connectivity index (χ1) is 4.92. The lowest BCUT2D eigenvalue weighted by Crippen LogP contribution is -2.31. The van der Waals surface area contributed by atoms with Crippen LogP contribution >= 0.6 is 0 Å². The molecule has 2 heteroatoms. The monoisotopic (exact) mass is 152 g/mol. The first-order valence-electron chi connectivity index (χ1n) is 3.69. The van der Waals surface area contributed by atoms with Crippen molar-refractivity contribution in [2.75, 3.05) is 14.1 Å². The molecule has 0 aromatic carbocycles. The van der Waals surface area contributed by atoms with Crippen LogP contribution in [-0.4, -0.2) is 24.4 Å². The van der Waals surface area contributed by atoms with Crippen molar-refractivity contribution in [3.8, 4) is 0 Å². The summed E-state index contributed by atoms with van der Waals surface area (Å²) in [6.45, 7) is 3.72. The zero-order valence-corrected chi connectivity index (χ0v) is 7.51. The van der Waals surface area contributed by atoms with Gasteiger partial charge in [0.25, 0.3) is 0 Å². The molecule has 0 N–H and O–H groups in total. The van der Waals surface area contributed by atoms with Gasteiger partial charge in [-0.2, -0.15) is 0 Å². The lowest BCUT2D eigenvalue weighted by Gasteiger charge is -2.24. The van der Waals surface area contributed by atoms with Crippen molar-refractivity contribution in [1.82, 2.24) is 0 Å². The molecule has 0 aliphatic carbocycles. The minimum Gasteiger partial charge on any atom is -0.289 e. The standard InChI is InChI=1S/C9H14NO/c1-7-5-10(3,4)6-8(2)9(7)11/h5-6H,1-4H3/q+1. The molecule has 0 unspecified atom stereocenters. The second-order valence-electron chi connectivity index (χ2n) is 3.58. The Labute approximate surface area is 67.4 Å². The number of hydrogen-bond acceptors (Lipinski definition) is 1. The molecule has 0 radical (unpaired) electrons. The van der Waals surface area contributed by atoms with Gasteiger partial charge in [0, 0.05) is 0 Å². The lowest BCUT2D eigenvalue weighted by molar-refractivity contribution is -0.785. The summed E-state index contributed by atoms with van der Waals surface area (Å²) in [5.74, 6) is 0.169. The summed E-state index contributed by atoms with van der Waals surface area (Å²) in [5.41, 5.74) is 1.69. The number of hydrogen-bond donors (Lipinski definition) is 0. The second kappa shape index (κ2) is 2.31. The van der Waals surface area contributed by atoms with Crippen LogP contribution in [0.25, 0.3) is 0 Å². The number of ketones is 1. The first-order valence-corrected chi connectivity index (χ1v) is 3.69. The van der Waals surface area contributed by atoms with Crippen LogP contribution in [-0.2, 0) is 4.79 Å². The molecule has 0 bridgehead atoms. The number of carbonyl (C=O) groups excluding carboxylic acids is 1. The van der Waals surface area contributed by atoms with Crippen molar-refractivity contribution in [2.45, 2.75) is 13.8 Å². The predicted octanol–water partition coefficient (Wildman–Crippen LogP) is 1.45. The fraction of sp³-hybridized carbons (Fsp3) is 0.444. The molecule has 0 saturated heterocycles. The van der Waals surface area contributed by atoms with E-state index in [-0.39, 0.29) is 5.78 Å². The predicted molar refractivity (Wildman–Crippen MR) is 44.6 cm³/mol. The van der Waals surface area contributed by atoms with Gasteiger partial charge in [0.05, 0.1) is 25.2 Å². The summed E-state index contributed by atoms with van der Waals surface area (Å²) in [7, 11) is 4.08. The van der Waals surface area contributed by atoms with Crippen LogP contribution in [0.1, 0.15) is 13.8 Å². The summed E-state index contributed by atoms with van der Waals surface area (Å²) in [6.07, 6.45) is 3.91. The molecule has 1 aliphatic heterocycles. The third-order valence-electron chi connectivity index (χ3n) is 1.77. The fourth-order valence-electron chi connectivity index (χ4n) is 1.46. The van der Waals surface area contributed by atoms with E-state index in [1.54, 1.807) is 0 Å². The van der Waals surface area contributed by atoms with Crippen molar-refractivity contribution >= 4 is 5.78 Å². The maximum atomic E-state index is 11.3. The highest BCUT2D eigenvalue weighted by Crippen LogP contribution is 2.17. The average Bonchev–Trinajstić information content (AvgIpc) is 1.81. The molecule has 1 heterocycles. The summed E-state index contributed by atoms with van der Waals surface area (Å²) in [5, 5.41) is 0. The first kappa shape index (κ1) is 8.21.